The van der Waals surface area contributed by atoms with E-state index in [-0.39, 0.29) is 5.60 Å². The lowest BCUT2D eigenvalue weighted by Crippen LogP contribution is -2.46. The monoisotopic (exact) mass is 250 g/mol. The first kappa shape index (κ1) is 12.5. The summed E-state index contributed by atoms with van der Waals surface area (Å²) in [5, 5.41) is 0. The topological polar surface area (TPSA) is 26.3 Å². The number of rotatable bonds is 2. The SMILES string of the molecule is C[C@@H]1CCC2C(C)(C)[C@H]3C[C@]21CC[C@@]3(C)OC=O. The van der Waals surface area contributed by atoms with Gasteiger partial charge in [-0.15, -0.1) is 0 Å². The molecule has 0 aromatic rings. The third kappa shape index (κ3) is 1.27. The van der Waals surface area contributed by atoms with Gasteiger partial charge < -0.3 is 4.74 Å². The highest BCUT2D eigenvalue weighted by molar-refractivity contribution is 5.39. The standard InChI is InChI=1S/C16H26O2/c1-11-5-6-12-14(2,3)13-9-16(11,12)8-7-15(13,4)18-10-17/h10-13H,5-9H2,1-4H3/t11-,12?,13-,15-,16+/m1/s1. The Morgan fingerprint density at radius 2 is 1.83 bits per heavy atom. The summed E-state index contributed by atoms with van der Waals surface area (Å²) in [6.45, 7) is 10.1. The maximum atomic E-state index is 10.9. The third-order valence-electron chi connectivity index (χ3n) is 7.09. The number of ether oxygens (including phenoxy) is 1. The van der Waals surface area contributed by atoms with E-state index in [9.17, 15) is 4.79 Å². The van der Waals surface area contributed by atoms with Gasteiger partial charge in [-0.2, -0.15) is 0 Å². The van der Waals surface area contributed by atoms with Crippen LogP contribution in [0.3, 0.4) is 0 Å². The molecule has 0 aromatic carbocycles. The minimum Gasteiger partial charge on any atom is -0.461 e. The number of carbonyl (C=O) groups is 1. The summed E-state index contributed by atoms with van der Waals surface area (Å²) in [6, 6.07) is 0. The second kappa shape index (κ2) is 3.52. The predicted octanol–water partition coefficient (Wildman–Crippen LogP) is 3.79. The van der Waals surface area contributed by atoms with E-state index in [1.165, 1.54) is 25.7 Å². The van der Waals surface area contributed by atoms with Crippen molar-refractivity contribution in [2.24, 2.45) is 28.6 Å². The highest BCUT2D eigenvalue weighted by Crippen LogP contribution is 2.73. The van der Waals surface area contributed by atoms with Crippen LogP contribution in [0.2, 0.25) is 0 Å². The fraction of sp³-hybridized carbons (Fsp3) is 0.938. The zero-order valence-corrected chi connectivity index (χ0v) is 12.2. The van der Waals surface area contributed by atoms with Crippen LogP contribution in [0.5, 0.6) is 0 Å². The fourth-order valence-electron chi connectivity index (χ4n) is 6.11. The average Bonchev–Trinajstić information content (AvgIpc) is 2.71. The summed E-state index contributed by atoms with van der Waals surface area (Å²) < 4.78 is 5.55. The van der Waals surface area contributed by atoms with Crippen LogP contribution in [0, 0.1) is 28.6 Å². The number of fused-ring (bicyclic) bond motifs is 1. The molecule has 102 valence electrons. The molecule has 0 radical (unpaired) electrons. The van der Waals surface area contributed by atoms with Crippen LogP contribution >= 0.6 is 0 Å². The van der Waals surface area contributed by atoms with Gasteiger partial charge in [0.25, 0.3) is 6.47 Å². The average molecular weight is 250 g/mol. The van der Waals surface area contributed by atoms with E-state index in [0.717, 1.165) is 18.3 Å². The summed E-state index contributed by atoms with van der Waals surface area (Å²) in [5.41, 5.74) is 0.652. The van der Waals surface area contributed by atoms with Crippen LogP contribution in [0.4, 0.5) is 0 Å². The molecule has 1 unspecified atom stereocenters. The summed E-state index contributed by atoms with van der Waals surface area (Å²) in [6.07, 6.45) is 6.36. The van der Waals surface area contributed by atoms with Gasteiger partial charge in [-0.1, -0.05) is 20.8 Å². The van der Waals surface area contributed by atoms with E-state index in [1.807, 2.05) is 0 Å². The molecule has 0 heterocycles. The Hall–Kier alpha value is -0.530. The number of hydrogen-bond donors (Lipinski definition) is 0. The summed E-state index contributed by atoms with van der Waals surface area (Å²) in [4.78, 5) is 10.9. The van der Waals surface area contributed by atoms with E-state index in [4.69, 9.17) is 4.74 Å². The molecular weight excluding hydrogens is 224 g/mol. The zero-order valence-electron chi connectivity index (χ0n) is 12.2. The minimum atomic E-state index is -0.222. The largest absolute Gasteiger partial charge is 0.461 e. The van der Waals surface area contributed by atoms with Gasteiger partial charge in [-0.3, -0.25) is 4.79 Å². The van der Waals surface area contributed by atoms with E-state index >= 15 is 0 Å². The molecule has 3 rings (SSSR count). The first-order chi connectivity index (χ1) is 8.37. The van der Waals surface area contributed by atoms with Crippen LogP contribution in [0.1, 0.15) is 59.8 Å². The molecule has 2 nitrogen and oxygen atoms in total. The van der Waals surface area contributed by atoms with Crippen molar-refractivity contribution in [3.8, 4) is 0 Å². The fourth-order valence-corrected chi connectivity index (χ4v) is 6.11. The van der Waals surface area contributed by atoms with E-state index in [1.54, 1.807) is 0 Å². The third-order valence-corrected chi connectivity index (χ3v) is 7.09. The van der Waals surface area contributed by atoms with Gasteiger partial charge in [0.1, 0.15) is 5.60 Å². The van der Waals surface area contributed by atoms with Crippen LogP contribution in [-0.4, -0.2) is 12.1 Å². The van der Waals surface area contributed by atoms with Gasteiger partial charge in [-0.05, 0) is 61.7 Å². The molecule has 18 heavy (non-hydrogen) atoms. The quantitative estimate of drug-likeness (QED) is 0.697. The second-order valence-electron chi connectivity index (χ2n) is 7.87. The molecule has 5 atom stereocenters. The smallest absolute Gasteiger partial charge is 0.293 e. The van der Waals surface area contributed by atoms with Gasteiger partial charge >= 0.3 is 0 Å². The van der Waals surface area contributed by atoms with Gasteiger partial charge in [0.2, 0.25) is 0 Å². The molecule has 0 saturated heterocycles. The van der Waals surface area contributed by atoms with Crippen molar-refractivity contribution in [2.75, 3.05) is 0 Å². The molecule has 3 fully saturated rings. The Bertz CT molecular complexity index is 375. The molecule has 1 spiro atoms. The van der Waals surface area contributed by atoms with Crippen molar-refractivity contribution >= 4 is 6.47 Å². The van der Waals surface area contributed by atoms with E-state index in [2.05, 4.69) is 27.7 Å². The van der Waals surface area contributed by atoms with E-state index in [0.29, 0.717) is 23.2 Å². The molecule has 3 aliphatic rings. The summed E-state index contributed by atoms with van der Waals surface area (Å²) in [5.74, 6) is 2.23. The maximum Gasteiger partial charge on any atom is 0.293 e. The molecule has 0 N–H and O–H groups in total. The highest BCUT2D eigenvalue weighted by atomic mass is 16.5. The number of carbonyl (C=O) groups excluding carboxylic acids is 1. The Kier molecular flexibility index (Phi) is 2.44. The van der Waals surface area contributed by atoms with Gasteiger partial charge in [-0.25, -0.2) is 0 Å². The van der Waals surface area contributed by atoms with Crippen LogP contribution < -0.4 is 0 Å². The Morgan fingerprint density at radius 3 is 2.50 bits per heavy atom. The van der Waals surface area contributed by atoms with Crippen molar-refractivity contribution in [1.82, 2.24) is 0 Å². The van der Waals surface area contributed by atoms with Gasteiger partial charge in [0.15, 0.2) is 0 Å². The lowest BCUT2D eigenvalue weighted by Gasteiger charge is -2.45. The minimum absolute atomic E-state index is 0.222. The highest BCUT2D eigenvalue weighted by Gasteiger charge is 2.68. The Morgan fingerprint density at radius 1 is 1.11 bits per heavy atom. The zero-order chi connectivity index (χ0) is 13.2. The van der Waals surface area contributed by atoms with Gasteiger partial charge in [0.05, 0.1) is 0 Å². The molecule has 0 aliphatic heterocycles. The van der Waals surface area contributed by atoms with Crippen LogP contribution in [0.25, 0.3) is 0 Å². The van der Waals surface area contributed by atoms with Crippen LogP contribution in [-0.2, 0) is 9.53 Å². The molecule has 3 saturated carbocycles. The summed E-state index contributed by atoms with van der Waals surface area (Å²) >= 11 is 0. The van der Waals surface area contributed by atoms with Crippen molar-refractivity contribution < 1.29 is 9.53 Å². The van der Waals surface area contributed by atoms with Gasteiger partial charge in [0, 0.05) is 5.92 Å². The molecule has 0 aromatic heterocycles. The maximum absolute atomic E-state index is 10.9. The lowest BCUT2D eigenvalue weighted by molar-refractivity contribution is -0.157. The normalized spacial score (nSPS) is 53.0. The van der Waals surface area contributed by atoms with E-state index < -0.39 is 0 Å². The van der Waals surface area contributed by atoms with Crippen molar-refractivity contribution in [1.29, 1.82) is 0 Å². The van der Waals surface area contributed by atoms with Crippen molar-refractivity contribution in [2.45, 2.75) is 65.4 Å². The molecule has 0 amide bonds. The molecule has 2 heteroatoms. The first-order valence-corrected chi connectivity index (χ1v) is 7.48. The lowest BCUT2D eigenvalue weighted by atomic mass is 9.64. The number of hydrogen-bond acceptors (Lipinski definition) is 2. The Labute approximate surface area is 110 Å². The van der Waals surface area contributed by atoms with Crippen molar-refractivity contribution in [3.63, 3.8) is 0 Å². The molecule has 3 aliphatic carbocycles. The second-order valence-corrected chi connectivity index (χ2v) is 7.87. The molecular formula is C16H26O2. The predicted molar refractivity (Wildman–Crippen MR) is 71.0 cm³/mol. The Balaban J connectivity index is 2.01. The molecule has 2 bridgehead atoms. The first-order valence-electron chi connectivity index (χ1n) is 7.48. The van der Waals surface area contributed by atoms with Crippen molar-refractivity contribution in [3.05, 3.63) is 0 Å². The van der Waals surface area contributed by atoms with Crippen LogP contribution in [0.15, 0.2) is 0 Å². The summed E-state index contributed by atoms with van der Waals surface area (Å²) in [7, 11) is 0.